The number of fused-ring (bicyclic) bond motifs is 1. The number of carbonyl (C=O) groups excluding carboxylic acids is 3. The van der Waals surface area contributed by atoms with Crippen LogP contribution in [0.4, 0.5) is 5.69 Å². The minimum Gasteiger partial charge on any atom is -0.481 e. The maximum absolute atomic E-state index is 12.3. The zero-order valence-corrected chi connectivity index (χ0v) is 17.6. The van der Waals surface area contributed by atoms with Gasteiger partial charge in [-0.15, -0.1) is 0 Å². The smallest absolute Gasteiger partial charge is 0.344 e. The second-order valence-electron chi connectivity index (χ2n) is 7.57. The van der Waals surface area contributed by atoms with Crippen molar-refractivity contribution < 1.29 is 23.9 Å². The molecule has 0 fully saturated rings. The number of hydrogen-bond donors (Lipinski definition) is 1. The fourth-order valence-electron chi connectivity index (χ4n) is 3.05. The van der Waals surface area contributed by atoms with Gasteiger partial charge in [-0.1, -0.05) is 50.2 Å². The Balaban J connectivity index is 1.47. The van der Waals surface area contributed by atoms with Crippen LogP contribution in [0.2, 0.25) is 0 Å². The van der Waals surface area contributed by atoms with Crippen LogP contribution in [-0.4, -0.2) is 30.9 Å². The van der Waals surface area contributed by atoms with E-state index in [0.29, 0.717) is 23.4 Å². The van der Waals surface area contributed by atoms with Gasteiger partial charge in [0.15, 0.2) is 19.0 Å². The van der Waals surface area contributed by atoms with Crippen LogP contribution in [-0.2, 0) is 14.3 Å². The largest absolute Gasteiger partial charge is 0.481 e. The van der Waals surface area contributed by atoms with Crippen LogP contribution < -0.4 is 10.1 Å². The van der Waals surface area contributed by atoms with Crippen LogP contribution in [0.1, 0.15) is 30.6 Å². The topological polar surface area (TPSA) is 81.7 Å². The van der Waals surface area contributed by atoms with Gasteiger partial charge in [0.25, 0.3) is 0 Å². The number of carbonyl (C=O) groups is 3. The van der Waals surface area contributed by atoms with E-state index in [1.807, 2.05) is 50.2 Å². The Kier molecular flexibility index (Phi) is 7.38. The second kappa shape index (κ2) is 10.4. The second-order valence-corrected chi connectivity index (χ2v) is 7.57. The zero-order chi connectivity index (χ0) is 22.2. The van der Waals surface area contributed by atoms with E-state index >= 15 is 0 Å². The van der Waals surface area contributed by atoms with Gasteiger partial charge in [0.1, 0.15) is 5.75 Å². The Hall–Kier alpha value is -3.67. The van der Waals surface area contributed by atoms with Gasteiger partial charge in [-0.05, 0) is 41.6 Å². The normalized spacial score (nSPS) is 10.7. The van der Waals surface area contributed by atoms with Crippen molar-refractivity contribution in [3.8, 4) is 5.75 Å². The van der Waals surface area contributed by atoms with E-state index < -0.39 is 5.97 Å². The van der Waals surface area contributed by atoms with Gasteiger partial charge in [-0.3, -0.25) is 9.59 Å². The molecular weight excluding hydrogens is 394 g/mol. The van der Waals surface area contributed by atoms with E-state index in [-0.39, 0.29) is 30.8 Å². The van der Waals surface area contributed by atoms with Gasteiger partial charge in [-0.2, -0.15) is 0 Å². The Morgan fingerprint density at radius 1 is 0.871 bits per heavy atom. The molecule has 6 heteroatoms. The molecule has 0 saturated heterocycles. The number of nitrogens with one attached hydrogen (secondary N) is 1. The highest BCUT2D eigenvalue weighted by molar-refractivity contribution is 5.99. The van der Waals surface area contributed by atoms with E-state index in [2.05, 4.69) is 5.32 Å². The Morgan fingerprint density at radius 2 is 1.58 bits per heavy atom. The Morgan fingerprint density at radius 3 is 2.32 bits per heavy atom. The van der Waals surface area contributed by atoms with Gasteiger partial charge in [0.05, 0.1) is 0 Å². The van der Waals surface area contributed by atoms with E-state index in [1.165, 1.54) is 0 Å². The number of ether oxygens (including phenoxy) is 2. The van der Waals surface area contributed by atoms with E-state index in [0.717, 1.165) is 10.8 Å². The lowest BCUT2D eigenvalue weighted by molar-refractivity contribution is -0.144. The summed E-state index contributed by atoms with van der Waals surface area (Å²) < 4.78 is 10.6. The molecule has 1 N–H and O–H groups in total. The van der Waals surface area contributed by atoms with Crippen LogP contribution in [0, 0.1) is 5.92 Å². The summed E-state index contributed by atoms with van der Waals surface area (Å²) in [6, 6.07) is 19.8. The van der Waals surface area contributed by atoms with E-state index in [9.17, 15) is 14.4 Å². The molecule has 0 spiro atoms. The van der Waals surface area contributed by atoms with E-state index in [4.69, 9.17) is 9.47 Å². The quantitative estimate of drug-likeness (QED) is 0.404. The molecule has 0 atom stereocenters. The van der Waals surface area contributed by atoms with Gasteiger partial charge in [0.2, 0.25) is 5.91 Å². The predicted molar refractivity (Wildman–Crippen MR) is 119 cm³/mol. The lowest BCUT2D eigenvalue weighted by atomic mass is 10.1. The molecule has 0 aliphatic heterocycles. The minimum atomic E-state index is -0.626. The summed E-state index contributed by atoms with van der Waals surface area (Å²) in [4.78, 5) is 36.1. The number of ketones is 1. The van der Waals surface area contributed by atoms with Crippen molar-refractivity contribution in [2.75, 3.05) is 18.5 Å². The van der Waals surface area contributed by atoms with Crippen LogP contribution in [0.3, 0.4) is 0 Å². The third kappa shape index (κ3) is 6.40. The number of hydrogen-bond acceptors (Lipinski definition) is 5. The highest BCUT2D eigenvalue weighted by Gasteiger charge is 2.12. The fraction of sp³-hybridized carbons (Fsp3) is 0.240. The van der Waals surface area contributed by atoms with Crippen LogP contribution in [0.25, 0.3) is 10.8 Å². The molecule has 3 aromatic rings. The number of benzene rings is 3. The zero-order valence-electron chi connectivity index (χ0n) is 17.6. The molecule has 0 unspecified atom stereocenters. The van der Waals surface area contributed by atoms with Gasteiger partial charge < -0.3 is 14.8 Å². The standard InChI is InChI=1S/C25H25NO5/c1-17(2)14-24(28)26-20-12-10-19(11-13-20)22(27)15-31-25(29)16-30-23-9-5-7-18-6-3-4-8-21(18)23/h3-13,17H,14-16H2,1-2H3,(H,26,28). The fourth-order valence-corrected chi connectivity index (χ4v) is 3.05. The molecule has 0 aliphatic rings. The molecule has 0 bridgehead atoms. The first-order valence-electron chi connectivity index (χ1n) is 10.1. The van der Waals surface area contributed by atoms with Gasteiger partial charge in [-0.25, -0.2) is 4.79 Å². The first-order chi connectivity index (χ1) is 14.9. The van der Waals surface area contributed by atoms with Crippen LogP contribution in [0.15, 0.2) is 66.7 Å². The number of Topliss-reactive ketones (excluding diaryl/α,β-unsaturated/α-hetero) is 1. The Labute approximate surface area is 181 Å². The molecule has 0 aliphatic carbocycles. The van der Waals surface area contributed by atoms with Crippen molar-refractivity contribution in [3.05, 3.63) is 72.3 Å². The number of rotatable bonds is 9. The molecule has 31 heavy (non-hydrogen) atoms. The van der Waals surface area contributed by atoms with Gasteiger partial charge in [0, 0.05) is 23.1 Å². The molecule has 160 valence electrons. The third-order valence-corrected chi connectivity index (χ3v) is 4.54. The van der Waals surface area contributed by atoms with Gasteiger partial charge >= 0.3 is 5.97 Å². The summed E-state index contributed by atoms with van der Waals surface area (Å²) in [7, 11) is 0. The van der Waals surface area contributed by atoms with Crippen LogP contribution >= 0.6 is 0 Å². The summed E-state index contributed by atoms with van der Waals surface area (Å²) >= 11 is 0. The van der Waals surface area contributed by atoms with Crippen molar-refractivity contribution in [3.63, 3.8) is 0 Å². The van der Waals surface area contributed by atoms with Crippen LogP contribution in [0.5, 0.6) is 5.75 Å². The third-order valence-electron chi connectivity index (χ3n) is 4.54. The molecular formula is C25H25NO5. The number of amides is 1. The molecule has 1 amide bonds. The molecule has 0 heterocycles. The number of anilines is 1. The van der Waals surface area contributed by atoms with Crippen molar-refractivity contribution in [1.82, 2.24) is 0 Å². The molecule has 6 nitrogen and oxygen atoms in total. The summed E-state index contributed by atoms with van der Waals surface area (Å²) in [5.74, 6) is -0.191. The molecule has 0 aromatic heterocycles. The summed E-state index contributed by atoms with van der Waals surface area (Å²) in [5, 5.41) is 4.69. The average Bonchev–Trinajstić information content (AvgIpc) is 2.76. The van der Waals surface area contributed by atoms with Crippen molar-refractivity contribution in [1.29, 1.82) is 0 Å². The summed E-state index contributed by atoms with van der Waals surface area (Å²) in [6.07, 6.45) is 0.428. The van der Waals surface area contributed by atoms with E-state index in [1.54, 1.807) is 30.3 Å². The maximum atomic E-state index is 12.3. The average molecular weight is 419 g/mol. The monoisotopic (exact) mass is 419 g/mol. The lowest BCUT2D eigenvalue weighted by Crippen LogP contribution is -2.19. The summed E-state index contributed by atoms with van der Waals surface area (Å²) in [5.41, 5.74) is 1.01. The first-order valence-corrected chi connectivity index (χ1v) is 10.1. The molecule has 0 saturated carbocycles. The SMILES string of the molecule is CC(C)CC(=O)Nc1ccc(C(=O)COC(=O)COc2cccc3ccccc23)cc1. The van der Waals surface area contributed by atoms with Crippen molar-refractivity contribution >= 4 is 34.1 Å². The molecule has 0 radical (unpaired) electrons. The predicted octanol–water partition coefficient (Wildman–Crippen LogP) is 4.63. The molecule has 3 aromatic carbocycles. The minimum absolute atomic E-state index is 0.0748. The highest BCUT2D eigenvalue weighted by atomic mass is 16.6. The first kappa shape index (κ1) is 22.0. The Bertz CT molecular complexity index is 1070. The van der Waals surface area contributed by atoms with Crippen molar-refractivity contribution in [2.24, 2.45) is 5.92 Å². The van der Waals surface area contributed by atoms with Crippen molar-refractivity contribution in [2.45, 2.75) is 20.3 Å². The lowest BCUT2D eigenvalue weighted by Gasteiger charge is -2.10. The summed E-state index contributed by atoms with van der Waals surface area (Å²) in [6.45, 7) is 3.27. The molecule has 3 rings (SSSR count). The highest BCUT2D eigenvalue weighted by Crippen LogP contribution is 2.25. The maximum Gasteiger partial charge on any atom is 0.344 e. The number of esters is 1.